The molecule has 1 fully saturated rings. The van der Waals surface area contributed by atoms with Crippen molar-refractivity contribution in [2.45, 2.75) is 39.0 Å². The lowest BCUT2D eigenvalue weighted by Gasteiger charge is -2.22. The summed E-state index contributed by atoms with van der Waals surface area (Å²) in [4.78, 5) is 11.6. The van der Waals surface area contributed by atoms with Crippen molar-refractivity contribution in [1.29, 1.82) is 0 Å². The Kier molecular flexibility index (Phi) is 5.35. The van der Waals surface area contributed by atoms with Crippen molar-refractivity contribution in [3.05, 3.63) is 18.0 Å². The Hall–Kier alpha value is -1.40. The fraction of sp³-hybridized carbons (Fsp3) is 0.692. The molecule has 1 saturated heterocycles. The van der Waals surface area contributed by atoms with Gasteiger partial charge in [-0.15, -0.1) is 0 Å². The number of esters is 1. The van der Waals surface area contributed by atoms with Crippen LogP contribution in [0.4, 0.5) is 0 Å². The maximum atomic E-state index is 11.6. The monoisotopic (exact) mass is 268 g/mol. The van der Waals surface area contributed by atoms with Crippen molar-refractivity contribution in [3.63, 3.8) is 0 Å². The molecule has 1 aliphatic heterocycles. The first-order valence-electron chi connectivity index (χ1n) is 6.73. The molecule has 106 valence electrons. The predicted molar refractivity (Wildman–Crippen MR) is 67.7 cm³/mol. The number of ether oxygens (including phenoxy) is 3. The SMILES string of the molecule is CCOC(=O)c1ccnn1CCOC1CCCCO1. The molecule has 2 heterocycles. The minimum Gasteiger partial charge on any atom is -0.461 e. The van der Waals surface area contributed by atoms with E-state index in [9.17, 15) is 4.79 Å². The highest BCUT2D eigenvalue weighted by Gasteiger charge is 2.15. The summed E-state index contributed by atoms with van der Waals surface area (Å²) >= 11 is 0. The topological polar surface area (TPSA) is 62.6 Å². The number of carbonyl (C=O) groups is 1. The van der Waals surface area contributed by atoms with Gasteiger partial charge < -0.3 is 14.2 Å². The standard InChI is InChI=1S/C13H20N2O4/c1-2-17-13(16)11-6-7-14-15(11)8-10-19-12-5-3-4-9-18-12/h6-7,12H,2-5,8-10H2,1H3. The zero-order valence-electron chi connectivity index (χ0n) is 11.2. The minimum absolute atomic E-state index is 0.115. The van der Waals surface area contributed by atoms with Crippen LogP contribution < -0.4 is 0 Å². The van der Waals surface area contributed by atoms with E-state index in [1.54, 1.807) is 23.9 Å². The smallest absolute Gasteiger partial charge is 0.356 e. The van der Waals surface area contributed by atoms with E-state index in [-0.39, 0.29) is 12.3 Å². The third-order valence-corrected chi connectivity index (χ3v) is 2.95. The highest BCUT2D eigenvalue weighted by Crippen LogP contribution is 2.13. The first-order valence-corrected chi connectivity index (χ1v) is 6.73. The van der Waals surface area contributed by atoms with Crippen LogP contribution in [0.2, 0.25) is 0 Å². The van der Waals surface area contributed by atoms with E-state index in [0.29, 0.717) is 25.5 Å². The summed E-state index contributed by atoms with van der Waals surface area (Å²) < 4.78 is 17.6. The average Bonchev–Trinajstić information content (AvgIpc) is 2.89. The van der Waals surface area contributed by atoms with E-state index in [4.69, 9.17) is 14.2 Å². The lowest BCUT2D eigenvalue weighted by Crippen LogP contribution is -2.24. The summed E-state index contributed by atoms with van der Waals surface area (Å²) in [6, 6.07) is 1.65. The summed E-state index contributed by atoms with van der Waals surface area (Å²) in [5.74, 6) is -0.353. The van der Waals surface area contributed by atoms with Crippen LogP contribution in [0.1, 0.15) is 36.7 Å². The van der Waals surface area contributed by atoms with Crippen LogP contribution in [0.5, 0.6) is 0 Å². The van der Waals surface area contributed by atoms with Gasteiger partial charge in [0.15, 0.2) is 6.29 Å². The van der Waals surface area contributed by atoms with Crippen LogP contribution in [0, 0.1) is 0 Å². The molecule has 0 aromatic carbocycles. The second kappa shape index (κ2) is 7.25. The van der Waals surface area contributed by atoms with Gasteiger partial charge in [0.25, 0.3) is 0 Å². The highest BCUT2D eigenvalue weighted by atomic mass is 16.7. The van der Waals surface area contributed by atoms with Crippen LogP contribution in [0.25, 0.3) is 0 Å². The molecule has 0 aliphatic carbocycles. The van der Waals surface area contributed by atoms with Gasteiger partial charge in [0.05, 0.1) is 19.8 Å². The quantitative estimate of drug-likeness (QED) is 0.733. The molecule has 1 aliphatic rings. The van der Waals surface area contributed by atoms with Gasteiger partial charge in [-0.05, 0) is 32.3 Å². The predicted octanol–water partition coefficient (Wildman–Crippen LogP) is 1.60. The maximum Gasteiger partial charge on any atom is 0.356 e. The lowest BCUT2D eigenvalue weighted by molar-refractivity contribution is -0.163. The Morgan fingerprint density at radius 1 is 1.58 bits per heavy atom. The van der Waals surface area contributed by atoms with E-state index in [0.717, 1.165) is 25.9 Å². The molecule has 0 saturated carbocycles. The molecule has 0 N–H and O–H groups in total. The Bertz CT molecular complexity index is 399. The molecule has 0 spiro atoms. The molecule has 0 radical (unpaired) electrons. The lowest BCUT2D eigenvalue weighted by atomic mass is 10.2. The Labute approximate surface area is 112 Å². The fourth-order valence-electron chi connectivity index (χ4n) is 2.00. The summed E-state index contributed by atoms with van der Waals surface area (Å²) in [5, 5.41) is 4.10. The van der Waals surface area contributed by atoms with Gasteiger partial charge in [-0.1, -0.05) is 0 Å². The number of hydrogen-bond acceptors (Lipinski definition) is 5. The van der Waals surface area contributed by atoms with Crippen LogP contribution in [-0.2, 0) is 20.8 Å². The van der Waals surface area contributed by atoms with Crippen molar-refractivity contribution in [3.8, 4) is 0 Å². The summed E-state index contributed by atoms with van der Waals surface area (Å²) in [7, 11) is 0. The molecular formula is C13H20N2O4. The van der Waals surface area contributed by atoms with Crippen molar-refractivity contribution in [1.82, 2.24) is 9.78 Å². The highest BCUT2D eigenvalue weighted by molar-refractivity contribution is 5.87. The first kappa shape index (κ1) is 14.0. The molecule has 19 heavy (non-hydrogen) atoms. The zero-order chi connectivity index (χ0) is 13.5. The minimum atomic E-state index is -0.353. The Morgan fingerprint density at radius 2 is 2.47 bits per heavy atom. The molecule has 0 amide bonds. The summed E-state index contributed by atoms with van der Waals surface area (Å²) in [6.45, 7) is 3.89. The van der Waals surface area contributed by atoms with Gasteiger partial charge in [0.1, 0.15) is 5.69 Å². The number of carbonyl (C=O) groups excluding carboxylic acids is 1. The number of aromatic nitrogens is 2. The van der Waals surface area contributed by atoms with Gasteiger partial charge in [0.2, 0.25) is 0 Å². The number of nitrogens with zero attached hydrogens (tertiary/aromatic N) is 2. The summed E-state index contributed by atoms with van der Waals surface area (Å²) in [5.41, 5.74) is 0.454. The van der Waals surface area contributed by atoms with Gasteiger partial charge >= 0.3 is 5.97 Å². The Balaban J connectivity index is 1.79. The van der Waals surface area contributed by atoms with Crippen molar-refractivity contribution >= 4 is 5.97 Å². The van der Waals surface area contributed by atoms with E-state index < -0.39 is 0 Å². The Morgan fingerprint density at radius 3 is 3.21 bits per heavy atom. The molecule has 1 unspecified atom stereocenters. The molecule has 2 rings (SSSR count). The molecule has 6 heteroatoms. The third-order valence-electron chi connectivity index (χ3n) is 2.95. The van der Waals surface area contributed by atoms with Crippen molar-refractivity contribution < 1.29 is 19.0 Å². The maximum absolute atomic E-state index is 11.6. The summed E-state index contributed by atoms with van der Waals surface area (Å²) in [6.07, 6.45) is 4.65. The molecule has 1 aromatic heterocycles. The van der Waals surface area contributed by atoms with Crippen molar-refractivity contribution in [2.24, 2.45) is 0 Å². The van der Waals surface area contributed by atoms with Gasteiger partial charge in [0, 0.05) is 12.8 Å². The first-order chi connectivity index (χ1) is 9.31. The normalized spacial score (nSPS) is 19.3. The van der Waals surface area contributed by atoms with E-state index in [1.807, 2.05) is 0 Å². The van der Waals surface area contributed by atoms with E-state index >= 15 is 0 Å². The number of rotatable bonds is 6. The van der Waals surface area contributed by atoms with Crippen molar-refractivity contribution in [2.75, 3.05) is 19.8 Å². The third kappa shape index (κ3) is 4.04. The largest absolute Gasteiger partial charge is 0.461 e. The second-order valence-corrected chi connectivity index (χ2v) is 4.33. The van der Waals surface area contributed by atoms with Crippen LogP contribution in [-0.4, -0.2) is 41.9 Å². The molecule has 1 atom stereocenters. The van der Waals surface area contributed by atoms with E-state index in [1.165, 1.54) is 0 Å². The molecular weight excluding hydrogens is 248 g/mol. The van der Waals surface area contributed by atoms with Gasteiger partial charge in [-0.2, -0.15) is 5.10 Å². The molecule has 6 nitrogen and oxygen atoms in total. The number of hydrogen-bond donors (Lipinski definition) is 0. The molecule has 1 aromatic rings. The van der Waals surface area contributed by atoms with Crippen LogP contribution >= 0.6 is 0 Å². The second-order valence-electron chi connectivity index (χ2n) is 4.33. The van der Waals surface area contributed by atoms with Crippen LogP contribution in [0.15, 0.2) is 12.3 Å². The zero-order valence-corrected chi connectivity index (χ0v) is 11.2. The average molecular weight is 268 g/mol. The molecule has 0 bridgehead atoms. The van der Waals surface area contributed by atoms with Gasteiger partial charge in [-0.25, -0.2) is 4.79 Å². The van der Waals surface area contributed by atoms with Gasteiger partial charge in [-0.3, -0.25) is 4.68 Å². The van der Waals surface area contributed by atoms with Crippen LogP contribution in [0.3, 0.4) is 0 Å². The van der Waals surface area contributed by atoms with E-state index in [2.05, 4.69) is 5.10 Å². The fourth-order valence-corrected chi connectivity index (χ4v) is 2.00.